The average Bonchev–Trinajstić information content (AvgIpc) is 3.05. The molecule has 5 nitrogen and oxygen atoms in total. The van der Waals surface area contributed by atoms with Crippen LogP contribution in [-0.4, -0.2) is 42.1 Å². The highest BCUT2D eigenvalue weighted by molar-refractivity contribution is 5.97. The van der Waals surface area contributed by atoms with Gasteiger partial charge in [0.15, 0.2) is 0 Å². The Morgan fingerprint density at radius 3 is 2.70 bits per heavy atom. The lowest BCUT2D eigenvalue weighted by atomic mass is 9.97. The Labute approximate surface area is 118 Å². The molecule has 0 spiro atoms. The van der Waals surface area contributed by atoms with Crippen LogP contribution >= 0.6 is 0 Å². The van der Waals surface area contributed by atoms with E-state index >= 15 is 0 Å². The predicted octanol–water partition coefficient (Wildman–Crippen LogP) is 1.19. The Morgan fingerprint density at radius 2 is 2.05 bits per heavy atom. The summed E-state index contributed by atoms with van der Waals surface area (Å²) in [5.41, 5.74) is 9.04. The van der Waals surface area contributed by atoms with Gasteiger partial charge in [0.2, 0.25) is 0 Å². The van der Waals surface area contributed by atoms with Crippen LogP contribution < -0.4 is 5.73 Å². The van der Waals surface area contributed by atoms with Crippen LogP contribution in [0.4, 0.5) is 5.69 Å². The highest BCUT2D eigenvalue weighted by atomic mass is 16.2. The molecule has 1 unspecified atom stereocenters. The fourth-order valence-corrected chi connectivity index (χ4v) is 3.23. The van der Waals surface area contributed by atoms with E-state index in [0.717, 1.165) is 43.3 Å². The number of hydrogen-bond acceptors (Lipinski definition) is 4. The molecule has 0 aromatic heterocycles. The van der Waals surface area contributed by atoms with Crippen molar-refractivity contribution in [2.45, 2.75) is 25.4 Å². The van der Waals surface area contributed by atoms with E-state index in [4.69, 9.17) is 5.73 Å². The van der Waals surface area contributed by atoms with Gasteiger partial charge in [0.1, 0.15) is 6.29 Å². The normalized spacial score (nSPS) is 22.1. The molecule has 2 heterocycles. The Hall–Kier alpha value is -1.88. The predicted molar refractivity (Wildman–Crippen MR) is 76.3 cm³/mol. The van der Waals surface area contributed by atoms with Crippen molar-refractivity contribution < 1.29 is 9.59 Å². The Morgan fingerprint density at radius 1 is 1.35 bits per heavy atom. The van der Waals surface area contributed by atoms with E-state index < -0.39 is 0 Å². The quantitative estimate of drug-likeness (QED) is 0.649. The first kappa shape index (κ1) is 13.1. The fourth-order valence-electron chi connectivity index (χ4n) is 3.23. The minimum Gasteiger partial charge on any atom is -0.398 e. The molecule has 1 amide bonds. The highest BCUT2D eigenvalue weighted by Gasteiger charge is 2.33. The average molecular weight is 273 g/mol. The summed E-state index contributed by atoms with van der Waals surface area (Å²) in [6.07, 6.45) is 3.03. The first-order valence-electron chi connectivity index (χ1n) is 6.99. The zero-order valence-corrected chi connectivity index (χ0v) is 11.6. The van der Waals surface area contributed by atoms with Gasteiger partial charge in [-0.3, -0.25) is 9.69 Å². The molecule has 1 fully saturated rings. The molecule has 3 rings (SSSR count). The van der Waals surface area contributed by atoms with Crippen LogP contribution in [0.2, 0.25) is 0 Å². The molecule has 1 aromatic carbocycles. The SMILES string of the molecule is CN1Cc2c(C(=O)N3CCCC3)ccc(N)c2C1C=O. The number of amides is 1. The second-order valence-electron chi connectivity index (χ2n) is 5.59. The van der Waals surface area contributed by atoms with E-state index in [1.807, 2.05) is 16.8 Å². The van der Waals surface area contributed by atoms with Gasteiger partial charge in [0, 0.05) is 36.4 Å². The standard InChI is InChI=1S/C15H19N3O2/c1-17-8-11-10(15(20)18-6-2-3-7-18)4-5-12(16)14(11)13(17)9-19/h4-5,9,13H,2-3,6-8,16H2,1H3. The number of carbonyl (C=O) groups excluding carboxylic acids is 2. The molecule has 5 heteroatoms. The molecule has 2 aliphatic heterocycles. The maximum absolute atomic E-state index is 12.6. The van der Waals surface area contributed by atoms with E-state index in [0.29, 0.717) is 17.8 Å². The van der Waals surface area contributed by atoms with Crippen LogP contribution in [0.25, 0.3) is 0 Å². The molecular weight excluding hydrogens is 254 g/mol. The summed E-state index contributed by atoms with van der Waals surface area (Å²) in [6, 6.07) is 3.21. The van der Waals surface area contributed by atoms with Gasteiger partial charge in [-0.2, -0.15) is 0 Å². The van der Waals surface area contributed by atoms with Crippen molar-refractivity contribution in [2.75, 3.05) is 25.9 Å². The lowest BCUT2D eigenvalue weighted by Gasteiger charge is -2.18. The number of nitrogen functional groups attached to an aromatic ring is 1. The molecule has 106 valence electrons. The third-order valence-corrected chi connectivity index (χ3v) is 4.32. The van der Waals surface area contributed by atoms with Crippen LogP contribution in [0, 0.1) is 0 Å². The number of nitrogens with zero attached hydrogens (tertiary/aromatic N) is 2. The first-order chi connectivity index (χ1) is 9.63. The fraction of sp³-hybridized carbons (Fsp3) is 0.467. The summed E-state index contributed by atoms with van der Waals surface area (Å²) in [6.45, 7) is 2.24. The van der Waals surface area contributed by atoms with Crippen LogP contribution in [-0.2, 0) is 11.3 Å². The van der Waals surface area contributed by atoms with Crippen molar-refractivity contribution >= 4 is 17.9 Å². The molecule has 2 N–H and O–H groups in total. The summed E-state index contributed by atoms with van der Waals surface area (Å²) >= 11 is 0. The van der Waals surface area contributed by atoms with E-state index in [2.05, 4.69) is 0 Å². The molecule has 1 atom stereocenters. The lowest BCUT2D eigenvalue weighted by Crippen LogP contribution is -2.28. The zero-order chi connectivity index (χ0) is 14.3. The van der Waals surface area contributed by atoms with Crippen molar-refractivity contribution in [3.05, 3.63) is 28.8 Å². The van der Waals surface area contributed by atoms with E-state index in [9.17, 15) is 9.59 Å². The highest BCUT2D eigenvalue weighted by Crippen LogP contribution is 2.37. The molecule has 20 heavy (non-hydrogen) atoms. The topological polar surface area (TPSA) is 66.6 Å². The summed E-state index contributed by atoms with van der Waals surface area (Å²) < 4.78 is 0. The van der Waals surface area contributed by atoms with E-state index in [-0.39, 0.29) is 11.9 Å². The van der Waals surface area contributed by atoms with Gasteiger partial charge in [-0.25, -0.2) is 0 Å². The zero-order valence-electron chi connectivity index (χ0n) is 11.6. The Kier molecular flexibility index (Phi) is 3.22. The molecule has 0 saturated carbocycles. The summed E-state index contributed by atoms with van der Waals surface area (Å²) in [4.78, 5) is 27.7. The molecular formula is C15H19N3O2. The minimum absolute atomic E-state index is 0.0682. The second kappa shape index (κ2) is 4.90. The number of rotatable bonds is 2. The van der Waals surface area contributed by atoms with Gasteiger partial charge < -0.3 is 15.4 Å². The Bertz CT molecular complexity index is 564. The number of benzene rings is 1. The monoisotopic (exact) mass is 273 g/mol. The second-order valence-corrected chi connectivity index (χ2v) is 5.59. The molecule has 1 saturated heterocycles. The number of nitrogens with two attached hydrogens (primary N) is 1. The molecule has 2 aliphatic rings. The van der Waals surface area contributed by atoms with Crippen LogP contribution in [0.3, 0.4) is 0 Å². The van der Waals surface area contributed by atoms with Crippen molar-refractivity contribution in [1.82, 2.24) is 9.80 Å². The maximum Gasteiger partial charge on any atom is 0.254 e. The number of likely N-dealkylation sites (N-methyl/N-ethyl adjacent to an activating group) is 1. The van der Waals surface area contributed by atoms with Gasteiger partial charge in [0.25, 0.3) is 5.91 Å². The van der Waals surface area contributed by atoms with Crippen LogP contribution in [0.5, 0.6) is 0 Å². The number of carbonyl (C=O) groups is 2. The number of anilines is 1. The number of hydrogen-bond donors (Lipinski definition) is 1. The molecule has 0 bridgehead atoms. The van der Waals surface area contributed by atoms with Gasteiger partial charge >= 0.3 is 0 Å². The van der Waals surface area contributed by atoms with Gasteiger partial charge in [-0.05, 0) is 37.6 Å². The third kappa shape index (κ3) is 1.89. The lowest BCUT2D eigenvalue weighted by molar-refractivity contribution is -0.111. The largest absolute Gasteiger partial charge is 0.398 e. The van der Waals surface area contributed by atoms with Crippen molar-refractivity contribution in [2.24, 2.45) is 0 Å². The van der Waals surface area contributed by atoms with Crippen molar-refractivity contribution in [3.8, 4) is 0 Å². The summed E-state index contributed by atoms with van der Waals surface area (Å²) in [5.74, 6) is 0.0682. The van der Waals surface area contributed by atoms with E-state index in [1.165, 1.54) is 0 Å². The first-order valence-corrected chi connectivity index (χ1v) is 6.99. The minimum atomic E-state index is -0.337. The molecule has 1 aromatic rings. The van der Waals surface area contributed by atoms with Crippen molar-refractivity contribution in [3.63, 3.8) is 0 Å². The van der Waals surface area contributed by atoms with Crippen LogP contribution in [0.15, 0.2) is 12.1 Å². The maximum atomic E-state index is 12.6. The van der Waals surface area contributed by atoms with Crippen LogP contribution in [0.1, 0.15) is 40.4 Å². The van der Waals surface area contributed by atoms with Gasteiger partial charge in [-0.15, -0.1) is 0 Å². The molecule has 0 radical (unpaired) electrons. The van der Waals surface area contributed by atoms with Gasteiger partial charge in [-0.1, -0.05) is 0 Å². The molecule has 0 aliphatic carbocycles. The van der Waals surface area contributed by atoms with E-state index in [1.54, 1.807) is 12.1 Å². The third-order valence-electron chi connectivity index (χ3n) is 4.32. The summed E-state index contributed by atoms with van der Waals surface area (Å²) in [5, 5.41) is 0. The smallest absolute Gasteiger partial charge is 0.254 e. The van der Waals surface area contributed by atoms with Gasteiger partial charge in [0.05, 0.1) is 6.04 Å². The Balaban J connectivity index is 2.04. The number of likely N-dealkylation sites (tertiary alicyclic amines) is 1. The number of fused-ring (bicyclic) bond motifs is 1. The summed E-state index contributed by atoms with van der Waals surface area (Å²) in [7, 11) is 1.88. The van der Waals surface area contributed by atoms with Crippen molar-refractivity contribution in [1.29, 1.82) is 0 Å². The number of aldehydes is 1.